The van der Waals surface area contributed by atoms with Crippen LogP contribution in [0, 0.1) is 0 Å². The van der Waals surface area contributed by atoms with Crippen LogP contribution in [0.5, 0.6) is 0 Å². The molecule has 0 saturated carbocycles. The molecule has 0 bridgehead atoms. The van der Waals surface area contributed by atoms with Gasteiger partial charge in [0.25, 0.3) is 5.91 Å². The van der Waals surface area contributed by atoms with Crippen LogP contribution >= 0.6 is 0 Å². The number of ether oxygens (including phenoxy) is 1. The zero-order valence-corrected chi connectivity index (χ0v) is 13.8. The fraction of sp³-hybridized carbons (Fsp3) is 0.471. The van der Waals surface area contributed by atoms with Crippen LogP contribution < -0.4 is 10.6 Å². The van der Waals surface area contributed by atoms with Crippen molar-refractivity contribution in [3.63, 3.8) is 0 Å². The standard InChI is InChI=1S/C17H23N3O4/c1-2-24-17(23)19-14-8-10-20(11-9-14)15(21)12-18-16(22)13-6-4-3-5-7-13/h3-7,14H,2,8-12H2,1H3,(H,18,22)(H,19,23). The number of benzene rings is 1. The third kappa shape index (κ3) is 5.26. The normalized spacial score (nSPS) is 14.8. The number of nitrogens with zero attached hydrogens (tertiary/aromatic N) is 1. The van der Waals surface area contributed by atoms with Crippen molar-refractivity contribution in [2.24, 2.45) is 0 Å². The number of carbonyl (C=O) groups excluding carboxylic acids is 3. The molecule has 2 N–H and O–H groups in total. The maximum absolute atomic E-state index is 12.2. The average Bonchev–Trinajstić information content (AvgIpc) is 2.61. The highest BCUT2D eigenvalue weighted by molar-refractivity contribution is 5.96. The largest absolute Gasteiger partial charge is 0.450 e. The molecule has 0 unspecified atom stereocenters. The van der Waals surface area contributed by atoms with E-state index in [4.69, 9.17) is 4.74 Å². The van der Waals surface area contributed by atoms with Crippen molar-refractivity contribution >= 4 is 17.9 Å². The highest BCUT2D eigenvalue weighted by atomic mass is 16.5. The van der Waals surface area contributed by atoms with E-state index in [-0.39, 0.29) is 24.4 Å². The predicted molar refractivity (Wildman–Crippen MR) is 88.5 cm³/mol. The molecular weight excluding hydrogens is 310 g/mol. The maximum atomic E-state index is 12.2. The van der Waals surface area contributed by atoms with Crippen LogP contribution in [-0.2, 0) is 9.53 Å². The Kier molecular flexibility index (Phi) is 6.60. The average molecular weight is 333 g/mol. The topological polar surface area (TPSA) is 87.7 Å². The predicted octanol–water partition coefficient (Wildman–Crippen LogP) is 1.15. The van der Waals surface area contributed by atoms with Crippen LogP contribution in [0.2, 0.25) is 0 Å². The van der Waals surface area contributed by atoms with Gasteiger partial charge in [0.1, 0.15) is 0 Å². The van der Waals surface area contributed by atoms with E-state index in [0.29, 0.717) is 38.1 Å². The molecule has 0 aliphatic carbocycles. The lowest BCUT2D eigenvalue weighted by molar-refractivity contribution is -0.131. The number of nitrogens with one attached hydrogen (secondary N) is 2. The van der Waals surface area contributed by atoms with E-state index in [2.05, 4.69) is 10.6 Å². The second kappa shape index (κ2) is 8.90. The number of hydrogen-bond acceptors (Lipinski definition) is 4. The fourth-order valence-electron chi connectivity index (χ4n) is 2.57. The minimum absolute atomic E-state index is 0.0204. The lowest BCUT2D eigenvalue weighted by atomic mass is 10.1. The van der Waals surface area contributed by atoms with Crippen LogP contribution in [0.1, 0.15) is 30.1 Å². The van der Waals surface area contributed by atoms with Gasteiger partial charge in [-0.2, -0.15) is 0 Å². The van der Waals surface area contributed by atoms with Gasteiger partial charge in [0, 0.05) is 24.7 Å². The van der Waals surface area contributed by atoms with E-state index in [1.807, 2.05) is 6.07 Å². The van der Waals surface area contributed by atoms with E-state index in [1.54, 1.807) is 36.1 Å². The van der Waals surface area contributed by atoms with Gasteiger partial charge in [0.05, 0.1) is 13.2 Å². The molecule has 0 spiro atoms. The van der Waals surface area contributed by atoms with Crippen LogP contribution in [0.4, 0.5) is 4.79 Å². The first kappa shape index (κ1) is 17.8. The zero-order valence-electron chi connectivity index (χ0n) is 13.8. The van der Waals surface area contributed by atoms with Crippen LogP contribution in [0.25, 0.3) is 0 Å². The van der Waals surface area contributed by atoms with Gasteiger partial charge in [0.15, 0.2) is 0 Å². The molecule has 7 nitrogen and oxygen atoms in total. The van der Waals surface area contributed by atoms with Crippen molar-refractivity contribution < 1.29 is 19.1 Å². The molecule has 3 amide bonds. The first-order valence-corrected chi connectivity index (χ1v) is 8.14. The Hall–Kier alpha value is -2.57. The minimum atomic E-state index is -0.419. The van der Waals surface area contributed by atoms with Gasteiger partial charge in [-0.1, -0.05) is 18.2 Å². The summed E-state index contributed by atoms with van der Waals surface area (Å²) in [5, 5.41) is 5.42. The molecule has 1 aliphatic rings. The summed E-state index contributed by atoms with van der Waals surface area (Å²) in [6.45, 7) is 3.17. The van der Waals surface area contributed by atoms with E-state index in [0.717, 1.165) is 0 Å². The van der Waals surface area contributed by atoms with Gasteiger partial charge in [0.2, 0.25) is 5.91 Å². The third-order valence-electron chi connectivity index (χ3n) is 3.88. The van der Waals surface area contributed by atoms with Gasteiger partial charge < -0.3 is 20.3 Å². The number of amides is 3. The van der Waals surface area contributed by atoms with Gasteiger partial charge in [-0.15, -0.1) is 0 Å². The molecule has 0 aromatic heterocycles. The van der Waals surface area contributed by atoms with Crippen LogP contribution in [-0.4, -0.2) is 55.1 Å². The third-order valence-corrected chi connectivity index (χ3v) is 3.88. The summed E-state index contributed by atoms with van der Waals surface area (Å²) < 4.78 is 4.85. The van der Waals surface area contributed by atoms with Crippen molar-refractivity contribution in [2.75, 3.05) is 26.2 Å². The summed E-state index contributed by atoms with van der Waals surface area (Å²) in [6.07, 6.45) is 0.936. The molecule has 1 aromatic rings. The van der Waals surface area contributed by atoms with Crippen LogP contribution in [0.15, 0.2) is 30.3 Å². The molecule has 24 heavy (non-hydrogen) atoms. The summed E-state index contributed by atoms with van der Waals surface area (Å²) >= 11 is 0. The SMILES string of the molecule is CCOC(=O)NC1CCN(C(=O)CNC(=O)c2ccccc2)CC1. The summed E-state index contributed by atoms with van der Waals surface area (Å²) in [7, 11) is 0. The first-order valence-electron chi connectivity index (χ1n) is 8.14. The summed E-state index contributed by atoms with van der Waals surface area (Å²) in [5.74, 6) is -0.378. The number of hydrogen-bond donors (Lipinski definition) is 2. The monoisotopic (exact) mass is 333 g/mol. The van der Waals surface area contributed by atoms with Crippen molar-refractivity contribution in [3.05, 3.63) is 35.9 Å². The van der Waals surface area contributed by atoms with E-state index in [9.17, 15) is 14.4 Å². The lowest BCUT2D eigenvalue weighted by Crippen LogP contribution is -2.49. The van der Waals surface area contributed by atoms with Crippen molar-refractivity contribution in [2.45, 2.75) is 25.8 Å². The Morgan fingerprint density at radius 3 is 2.46 bits per heavy atom. The minimum Gasteiger partial charge on any atom is -0.450 e. The van der Waals surface area contributed by atoms with Gasteiger partial charge in [-0.25, -0.2) is 4.79 Å². The number of alkyl carbamates (subject to hydrolysis) is 1. The Labute approximate surface area is 141 Å². The molecule has 1 saturated heterocycles. The number of piperidine rings is 1. The molecule has 7 heteroatoms. The van der Waals surface area contributed by atoms with Crippen molar-refractivity contribution in [3.8, 4) is 0 Å². The van der Waals surface area contributed by atoms with Crippen molar-refractivity contribution in [1.29, 1.82) is 0 Å². The molecule has 1 aromatic carbocycles. The Morgan fingerprint density at radius 1 is 1.17 bits per heavy atom. The van der Waals surface area contributed by atoms with Crippen LogP contribution in [0.3, 0.4) is 0 Å². The van der Waals surface area contributed by atoms with Gasteiger partial charge in [-0.3, -0.25) is 9.59 Å². The van der Waals surface area contributed by atoms with E-state index < -0.39 is 6.09 Å². The lowest BCUT2D eigenvalue weighted by Gasteiger charge is -2.32. The van der Waals surface area contributed by atoms with E-state index in [1.165, 1.54) is 0 Å². The summed E-state index contributed by atoms with van der Waals surface area (Å²) in [6, 6.07) is 8.80. The highest BCUT2D eigenvalue weighted by Crippen LogP contribution is 2.10. The fourth-order valence-corrected chi connectivity index (χ4v) is 2.57. The molecule has 0 radical (unpaired) electrons. The summed E-state index contributed by atoms with van der Waals surface area (Å²) in [4.78, 5) is 37.2. The molecule has 1 aliphatic heterocycles. The number of rotatable bonds is 5. The smallest absolute Gasteiger partial charge is 0.407 e. The second-order valence-corrected chi connectivity index (χ2v) is 5.57. The molecular formula is C17H23N3O4. The molecule has 130 valence electrons. The molecule has 2 rings (SSSR count). The number of carbonyl (C=O) groups is 3. The number of likely N-dealkylation sites (tertiary alicyclic amines) is 1. The Morgan fingerprint density at radius 2 is 1.83 bits per heavy atom. The maximum Gasteiger partial charge on any atom is 0.407 e. The highest BCUT2D eigenvalue weighted by Gasteiger charge is 2.24. The molecule has 1 heterocycles. The van der Waals surface area contributed by atoms with Gasteiger partial charge in [-0.05, 0) is 31.9 Å². The molecule has 1 fully saturated rings. The first-order chi connectivity index (χ1) is 11.6. The van der Waals surface area contributed by atoms with Crippen molar-refractivity contribution in [1.82, 2.24) is 15.5 Å². The zero-order chi connectivity index (χ0) is 17.4. The second-order valence-electron chi connectivity index (χ2n) is 5.57. The Balaban J connectivity index is 1.71. The summed E-state index contributed by atoms with van der Waals surface area (Å²) in [5.41, 5.74) is 0.530. The Bertz CT molecular complexity index is 568. The van der Waals surface area contributed by atoms with E-state index >= 15 is 0 Å². The molecule has 0 atom stereocenters. The van der Waals surface area contributed by atoms with Gasteiger partial charge >= 0.3 is 6.09 Å². The quantitative estimate of drug-likeness (QED) is 0.846.